The number of aliphatic hydroxyl groups is 1. The minimum Gasteiger partial charge on any atom is -0.496 e. The van der Waals surface area contributed by atoms with E-state index in [1.807, 2.05) is 0 Å². The molecule has 0 amide bonds. The first-order chi connectivity index (χ1) is 6.56. The lowest BCUT2D eigenvalue weighted by Gasteiger charge is -2.17. The molecule has 0 bridgehead atoms. The van der Waals surface area contributed by atoms with Gasteiger partial charge in [0.05, 0.1) is 19.3 Å². The number of halogens is 1. The molecule has 2 atom stereocenters. The van der Waals surface area contributed by atoms with Crippen molar-refractivity contribution in [1.82, 2.24) is 0 Å². The fourth-order valence-electron chi connectivity index (χ4n) is 1.23. The predicted molar refractivity (Wildman–Crippen MR) is 51.6 cm³/mol. The van der Waals surface area contributed by atoms with Crippen molar-refractivity contribution in [3.63, 3.8) is 0 Å². The molecule has 4 heteroatoms. The van der Waals surface area contributed by atoms with Crippen molar-refractivity contribution >= 4 is 0 Å². The van der Waals surface area contributed by atoms with Crippen LogP contribution in [0.25, 0.3) is 0 Å². The summed E-state index contributed by atoms with van der Waals surface area (Å²) < 4.78 is 17.9. The first-order valence-electron chi connectivity index (χ1n) is 4.33. The molecule has 1 aromatic carbocycles. The van der Waals surface area contributed by atoms with Crippen molar-refractivity contribution < 1.29 is 14.2 Å². The summed E-state index contributed by atoms with van der Waals surface area (Å²) in [4.78, 5) is 0. The number of hydrogen-bond acceptors (Lipinski definition) is 3. The van der Waals surface area contributed by atoms with Crippen LogP contribution in [-0.4, -0.2) is 18.3 Å². The Morgan fingerprint density at radius 1 is 1.50 bits per heavy atom. The SMILES string of the molecule is COc1ccc(F)cc1[C@H](N)[C@H](C)O. The molecular weight excluding hydrogens is 185 g/mol. The first kappa shape index (κ1) is 10.9. The van der Waals surface area contributed by atoms with Crippen LogP contribution in [-0.2, 0) is 0 Å². The van der Waals surface area contributed by atoms with Crippen molar-refractivity contribution in [3.05, 3.63) is 29.6 Å². The molecule has 1 rings (SSSR count). The molecule has 3 N–H and O–H groups in total. The molecule has 0 saturated heterocycles. The van der Waals surface area contributed by atoms with Crippen LogP contribution in [0.4, 0.5) is 4.39 Å². The lowest BCUT2D eigenvalue weighted by atomic mass is 10.0. The molecule has 1 aromatic rings. The molecule has 0 saturated carbocycles. The van der Waals surface area contributed by atoms with Crippen LogP contribution >= 0.6 is 0 Å². The highest BCUT2D eigenvalue weighted by atomic mass is 19.1. The Balaban J connectivity index is 3.10. The summed E-state index contributed by atoms with van der Waals surface area (Å²) in [5.74, 6) is 0.0942. The van der Waals surface area contributed by atoms with Crippen LogP contribution in [0.2, 0.25) is 0 Å². The third-order valence-corrected chi connectivity index (χ3v) is 2.07. The molecule has 0 unspecified atom stereocenters. The van der Waals surface area contributed by atoms with Gasteiger partial charge in [0.25, 0.3) is 0 Å². The van der Waals surface area contributed by atoms with Gasteiger partial charge in [-0.25, -0.2) is 4.39 Å². The van der Waals surface area contributed by atoms with E-state index in [1.165, 1.54) is 25.3 Å². The van der Waals surface area contributed by atoms with Gasteiger partial charge in [0, 0.05) is 5.56 Å². The standard InChI is InChI=1S/C10H14FNO2/c1-6(13)10(12)8-5-7(11)3-4-9(8)14-2/h3-6,10,13H,12H2,1-2H3/t6-,10+/m0/s1. The van der Waals surface area contributed by atoms with Gasteiger partial charge in [0.15, 0.2) is 0 Å². The monoisotopic (exact) mass is 199 g/mol. The molecular formula is C10H14FNO2. The Labute approximate surface area is 82.3 Å². The largest absolute Gasteiger partial charge is 0.496 e. The average molecular weight is 199 g/mol. The van der Waals surface area contributed by atoms with Gasteiger partial charge in [-0.2, -0.15) is 0 Å². The van der Waals surface area contributed by atoms with Gasteiger partial charge in [0.2, 0.25) is 0 Å². The van der Waals surface area contributed by atoms with Crippen LogP contribution in [0.3, 0.4) is 0 Å². The smallest absolute Gasteiger partial charge is 0.123 e. The summed E-state index contributed by atoms with van der Waals surface area (Å²) >= 11 is 0. The fraction of sp³-hybridized carbons (Fsp3) is 0.400. The Morgan fingerprint density at radius 2 is 2.14 bits per heavy atom. The molecule has 0 aliphatic rings. The van der Waals surface area contributed by atoms with E-state index in [1.54, 1.807) is 6.92 Å². The number of ether oxygens (including phenoxy) is 1. The minimum absolute atomic E-state index is 0.392. The number of benzene rings is 1. The summed E-state index contributed by atoms with van der Waals surface area (Å²) in [6.45, 7) is 1.55. The maximum Gasteiger partial charge on any atom is 0.123 e. The van der Waals surface area contributed by atoms with Gasteiger partial charge in [0.1, 0.15) is 11.6 Å². The fourth-order valence-corrected chi connectivity index (χ4v) is 1.23. The second-order valence-electron chi connectivity index (χ2n) is 3.15. The molecule has 0 aliphatic heterocycles. The summed E-state index contributed by atoms with van der Waals surface area (Å²) in [7, 11) is 1.48. The van der Waals surface area contributed by atoms with Crippen LogP contribution < -0.4 is 10.5 Å². The second kappa shape index (κ2) is 4.39. The number of nitrogens with two attached hydrogens (primary N) is 1. The summed E-state index contributed by atoms with van der Waals surface area (Å²) in [6, 6.07) is 3.42. The number of methoxy groups -OCH3 is 1. The third-order valence-electron chi connectivity index (χ3n) is 2.07. The molecule has 0 radical (unpaired) electrons. The van der Waals surface area contributed by atoms with Crippen molar-refractivity contribution in [1.29, 1.82) is 0 Å². The summed E-state index contributed by atoms with van der Waals surface area (Å²) in [5, 5.41) is 9.28. The zero-order valence-electron chi connectivity index (χ0n) is 8.20. The van der Waals surface area contributed by atoms with Gasteiger partial charge >= 0.3 is 0 Å². The Morgan fingerprint density at radius 3 is 2.64 bits per heavy atom. The normalized spacial score (nSPS) is 14.9. The highest BCUT2D eigenvalue weighted by molar-refractivity contribution is 5.36. The summed E-state index contributed by atoms with van der Waals surface area (Å²) in [5.41, 5.74) is 6.16. The zero-order valence-corrected chi connectivity index (χ0v) is 8.20. The summed E-state index contributed by atoms with van der Waals surface area (Å²) in [6.07, 6.45) is -0.745. The molecule has 0 heterocycles. The van der Waals surface area contributed by atoms with E-state index in [2.05, 4.69) is 0 Å². The molecule has 3 nitrogen and oxygen atoms in total. The minimum atomic E-state index is -0.745. The van der Waals surface area contributed by atoms with Gasteiger partial charge < -0.3 is 15.6 Å². The van der Waals surface area contributed by atoms with Gasteiger partial charge in [-0.05, 0) is 25.1 Å². The van der Waals surface area contributed by atoms with E-state index in [0.29, 0.717) is 11.3 Å². The molecule has 0 aromatic heterocycles. The van der Waals surface area contributed by atoms with Crippen LogP contribution in [0, 0.1) is 5.82 Å². The molecule has 0 aliphatic carbocycles. The highest BCUT2D eigenvalue weighted by Gasteiger charge is 2.17. The van der Waals surface area contributed by atoms with Gasteiger partial charge in [-0.15, -0.1) is 0 Å². The molecule has 78 valence electrons. The van der Waals surface area contributed by atoms with Gasteiger partial charge in [-0.1, -0.05) is 0 Å². The Hall–Kier alpha value is -1.13. The van der Waals surface area contributed by atoms with E-state index in [4.69, 9.17) is 10.5 Å². The topological polar surface area (TPSA) is 55.5 Å². The first-order valence-corrected chi connectivity index (χ1v) is 4.33. The van der Waals surface area contributed by atoms with E-state index >= 15 is 0 Å². The van der Waals surface area contributed by atoms with Crippen molar-refractivity contribution in [2.45, 2.75) is 19.1 Å². The van der Waals surface area contributed by atoms with Crippen molar-refractivity contribution in [2.75, 3.05) is 7.11 Å². The Kier molecular flexibility index (Phi) is 3.43. The van der Waals surface area contributed by atoms with E-state index in [-0.39, 0.29) is 0 Å². The van der Waals surface area contributed by atoms with Crippen LogP contribution in [0.15, 0.2) is 18.2 Å². The highest BCUT2D eigenvalue weighted by Crippen LogP contribution is 2.26. The van der Waals surface area contributed by atoms with Gasteiger partial charge in [-0.3, -0.25) is 0 Å². The zero-order chi connectivity index (χ0) is 10.7. The maximum absolute atomic E-state index is 12.9. The number of aliphatic hydroxyl groups excluding tert-OH is 1. The lowest BCUT2D eigenvalue weighted by Crippen LogP contribution is -2.23. The lowest BCUT2D eigenvalue weighted by molar-refractivity contribution is 0.162. The number of hydrogen-bond donors (Lipinski definition) is 2. The second-order valence-corrected chi connectivity index (χ2v) is 3.15. The van der Waals surface area contributed by atoms with Crippen molar-refractivity contribution in [3.8, 4) is 5.75 Å². The number of rotatable bonds is 3. The van der Waals surface area contributed by atoms with Crippen LogP contribution in [0.1, 0.15) is 18.5 Å². The maximum atomic E-state index is 12.9. The van der Waals surface area contributed by atoms with Crippen molar-refractivity contribution in [2.24, 2.45) is 5.73 Å². The third kappa shape index (κ3) is 2.21. The molecule has 0 spiro atoms. The average Bonchev–Trinajstić information content (AvgIpc) is 2.16. The van der Waals surface area contributed by atoms with Crippen LogP contribution in [0.5, 0.6) is 5.75 Å². The molecule has 14 heavy (non-hydrogen) atoms. The predicted octanol–water partition coefficient (Wildman–Crippen LogP) is 1.21. The van der Waals surface area contributed by atoms with E-state index in [0.717, 1.165) is 0 Å². The molecule has 0 fully saturated rings. The van der Waals surface area contributed by atoms with E-state index in [9.17, 15) is 9.50 Å². The van der Waals surface area contributed by atoms with E-state index < -0.39 is 18.0 Å². The quantitative estimate of drug-likeness (QED) is 0.769. The Bertz CT molecular complexity index is 315.